The first kappa shape index (κ1) is 20.4. The first-order valence-electron chi connectivity index (χ1n) is 10.1. The van der Waals surface area contributed by atoms with Crippen LogP contribution in [0.4, 0.5) is 24.8 Å². The van der Waals surface area contributed by atoms with Crippen LogP contribution in [0.1, 0.15) is 17.3 Å². The molecule has 0 radical (unpaired) electrons. The van der Waals surface area contributed by atoms with Crippen LogP contribution < -0.4 is 10.6 Å². The fourth-order valence-corrected chi connectivity index (χ4v) is 3.73. The second-order valence-electron chi connectivity index (χ2n) is 7.41. The number of hydrogen-bond acceptors (Lipinski definition) is 5. The number of piperazine rings is 1. The second-order valence-corrected chi connectivity index (χ2v) is 7.41. The molecule has 1 saturated heterocycles. The molecule has 7 nitrogen and oxygen atoms in total. The summed E-state index contributed by atoms with van der Waals surface area (Å²) in [6.45, 7) is 1.92. The lowest BCUT2D eigenvalue weighted by Crippen LogP contribution is -2.30. The van der Waals surface area contributed by atoms with Gasteiger partial charge in [0.2, 0.25) is 0 Å². The molecule has 164 valence electrons. The van der Waals surface area contributed by atoms with Gasteiger partial charge in [-0.25, -0.2) is 9.97 Å². The molecule has 3 N–H and O–H groups in total. The van der Waals surface area contributed by atoms with Crippen LogP contribution in [0.15, 0.2) is 54.6 Å². The molecule has 1 aliphatic heterocycles. The van der Waals surface area contributed by atoms with E-state index in [0.717, 1.165) is 23.5 Å². The largest absolute Gasteiger partial charge is 0.652 e. The standard InChI is InChI=1S/C22H19F3N7/c23-22(24,25)15-7-3-1-5-13(15)20-28-17(18-12-26-9-10-27-18)11-19(29-20)30-21-14-6-2-4-8-16(14)31-32-21/h1-8,11,18,26H,9-10,12H2,(H2,28,29,30,31,32)/q-1. The number of nitrogens with zero attached hydrogens (tertiary/aromatic N) is 4. The number of aromatic nitrogens is 4. The van der Waals surface area contributed by atoms with Gasteiger partial charge < -0.3 is 16.0 Å². The number of fused-ring (bicyclic) bond motifs is 1. The molecule has 1 aliphatic rings. The molecular formula is C22H19F3N7-. The van der Waals surface area contributed by atoms with Gasteiger partial charge in [0.15, 0.2) is 11.6 Å². The predicted octanol–water partition coefficient (Wildman–Crippen LogP) is 4.80. The smallest absolute Gasteiger partial charge is 0.417 e. The van der Waals surface area contributed by atoms with E-state index in [1.807, 2.05) is 24.3 Å². The molecular weight excluding hydrogens is 419 g/mol. The highest BCUT2D eigenvalue weighted by Gasteiger charge is 2.34. The lowest BCUT2D eigenvalue weighted by Gasteiger charge is -2.36. The monoisotopic (exact) mass is 438 g/mol. The number of aromatic amines is 1. The molecule has 1 unspecified atom stereocenters. The molecule has 2 aromatic heterocycles. The Morgan fingerprint density at radius 1 is 1.03 bits per heavy atom. The van der Waals surface area contributed by atoms with Gasteiger partial charge >= 0.3 is 6.18 Å². The number of anilines is 2. The SMILES string of the molecule is FC(F)(F)c1ccccc1-c1nc(Nc2n[nH]c3ccccc23)cc(C2CNCC[N-]2)n1. The summed E-state index contributed by atoms with van der Waals surface area (Å²) in [5, 5.41) is 19.0. The normalized spacial score (nSPS) is 16.9. The molecule has 0 spiro atoms. The highest BCUT2D eigenvalue weighted by Crippen LogP contribution is 2.37. The van der Waals surface area contributed by atoms with E-state index in [4.69, 9.17) is 0 Å². The van der Waals surface area contributed by atoms with E-state index in [-0.39, 0.29) is 17.4 Å². The van der Waals surface area contributed by atoms with Gasteiger partial charge in [0, 0.05) is 22.7 Å². The Balaban J connectivity index is 1.61. The molecule has 4 aromatic rings. The van der Waals surface area contributed by atoms with Crippen LogP contribution in [0.2, 0.25) is 0 Å². The van der Waals surface area contributed by atoms with E-state index in [9.17, 15) is 13.2 Å². The number of hydrogen-bond donors (Lipinski definition) is 3. The highest BCUT2D eigenvalue weighted by atomic mass is 19.4. The minimum absolute atomic E-state index is 0.0152. The third kappa shape index (κ3) is 4.02. The van der Waals surface area contributed by atoms with Crippen molar-refractivity contribution < 1.29 is 13.2 Å². The second kappa shape index (κ2) is 8.21. The summed E-state index contributed by atoms with van der Waals surface area (Å²) in [6, 6.07) is 14.3. The van der Waals surface area contributed by atoms with Crippen molar-refractivity contribution in [1.29, 1.82) is 0 Å². The van der Waals surface area contributed by atoms with Gasteiger partial charge in [-0.2, -0.15) is 18.3 Å². The van der Waals surface area contributed by atoms with Crippen molar-refractivity contribution in [2.24, 2.45) is 0 Å². The van der Waals surface area contributed by atoms with E-state index in [1.165, 1.54) is 12.1 Å². The summed E-state index contributed by atoms with van der Waals surface area (Å²) in [5.41, 5.74) is 0.507. The zero-order chi connectivity index (χ0) is 22.1. The van der Waals surface area contributed by atoms with Crippen LogP contribution in [0, 0.1) is 0 Å². The fourth-order valence-electron chi connectivity index (χ4n) is 3.73. The van der Waals surface area contributed by atoms with Crippen molar-refractivity contribution >= 4 is 22.5 Å². The van der Waals surface area contributed by atoms with Crippen LogP contribution in [0.25, 0.3) is 27.6 Å². The van der Waals surface area contributed by atoms with E-state index >= 15 is 0 Å². The number of halogens is 3. The van der Waals surface area contributed by atoms with Gasteiger partial charge in [0.1, 0.15) is 5.82 Å². The minimum Gasteiger partial charge on any atom is -0.652 e. The Bertz CT molecular complexity index is 1250. The fraction of sp³-hybridized carbons (Fsp3) is 0.227. The van der Waals surface area contributed by atoms with E-state index in [0.29, 0.717) is 30.4 Å². The summed E-state index contributed by atoms with van der Waals surface area (Å²) in [5.74, 6) is 0.859. The molecule has 32 heavy (non-hydrogen) atoms. The highest BCUT2D eigenvalue weighted by molar-refractivity contribution is 5.91. The molecule has 1 fully saturated rings. The summed E-state index contributed by atoms with van der Waals surface area (Å²) < 4.78 is 41.0. The van der Waals surface area contributed by atoms with Crippen molar-refractivity contribution in [3.8, 4) is 11.4 Å². The Morgan fingerprint density at radius 2 is 1.84 bits per heavy atom. The third-order valence-corrected chi connectivity index (χ3v) is 5.25. The van der Waals surface area contributed by atoms with Crippen LogP contribution in [0.3, 0.4) is 0 Å². The zero-order valence-electron chi connectivity index (χ0n) is 16.8. The number of H-pyrrole nitrogens is 1. The Morgan fingerprint density at radius 3 is 2.66 bits per heavy atom. The zero-order valence-corrected chi connectivity index (χ0v) is 16.8. The number of alkyl halides is 3. The van der Waals surface area contributed by atoms with Gasteiger partial charge in [0.05, 0.1) is 11.1 Å². The first-order valence-corrected chi connectivity index (χ1v) is 10.1. The van der Waals surface area contributed by atoms with Crippen LogP contribution in [-0.2, 0) is 6.18 Å². The predicted molar refractivity (Wildman–Crippen MR) is 116 cm³/mol. The van der Waals surface area contributed by atoms with E-state index in [2.05, 4.69) is 36.1 Å². The number of benzene rings is 2. The molecule has 2 aromatic carbocycles. The van der Waals surface area contributed by atoms with Gasteiger partial charge in [-0.3, -0.25) is 5.10 Å². The molecule has 0 saturated carbocycles. The maximum Gasteiger partial charge on any atom is 0.417 e. The van der Waals surface area contributed by atoms with Crippen molar-refractivity contribution in [1.82, 2.24) is 25.5 Å². The molecule has 0 bridgehead atoms. The van der Waals surface area contributed by atoms with Crippen LogP contribution in [0.5, 0.6) is 0 Å². The molecule has 5 rings (SSSR count). The summed E-state index contributed by atoms with van der Waals surface area (Å²) in [6.07, 6.45) is -4.53. The Kier molecular flexibility index (Phi) is 5.24. The Hall–Kier alpha value is -3.50. The quantitative estimate of drug-likeness (QED) is 0.426. The average molecular weight is 438 g/mol. The maximum atomic E-state index is 13.7. The molecule has 10 heteroatoms. The maximum absolute atomic E-state index is 13.7. The molecule has 0 amide bonds. The topological polar surface area (TPSA) is 92.6 Å². The third-order valence-electron chi connectivity index (χ3n) is 5.25. The summed E-state index contributed by atoms with van der Waals surface area (Å²) >= 11 is 0. The first-order chi connectivity index (χ1) is 15.5. The number of rotatable bonds is 4. The van der Waals surface area contributed by atoms with Crippen LogP contribution >= 0.6 is 0 Å². The average Bonchev–Trinajstić information content (AvgIpc) is 3.22. The van der Waals surface area contributed by atoms with Crippen molar-refractivity contribution in [3.05, 3.63) is 71.2 Å². The molecule has 3 heterocycles. The van der Waals surface area contributed by atoms with Gasteiger partial charge in [0.25, 0.3) is 0 Å². The van der Waals surface area contributed by atoms with E-state index < -0.39 is 11.7 Å². The van der Waals surface area contributed by atoms with E-state index in [1.54, 1.807) is 12.1 Å². The van der Waals surface area contributed by atoms with Crippen LogP contribution in [-0.4, -0.2) is 39.8 Å². The minimum atomic E-state index is -4.53. The summed E-state index contributed by atoms with van der Waals surface area (Å²) in [4.78, 5) is 8.90. The number of para-hydroxylation sites is 1. The number of nitrogens with one attached hydrogen (secondary N) is 3. The Labute approximate surface area is 181 Å². The lowest BCUT2D eigenvalue weighted by atomic mass is 10.1. The molecule has 1 atom stereocenters. The lowest BCUT2D eigenvalue weighted by molar-refractivity contribution is -0.137. The van der Waals surface area contributed by atoms with Crippen molar-refractivity contribution in [3.63, 3.8) is 0 Å². The summed E-state index contributed by atoms with van der Waals surface area (Å²) in [7, 11) is 0. The van der Waals surface area contributed by atoms with Gasteiger partial charge in [-0.15, -0.1) is 6.54 Å². The molecule has 0 aliphatic carbocycles. The van der Waals surface area contributed by atoms with Gasteiger partial charge in [-0.05, 0) is 31.3 Å². The van der Waals surface area contributed by atoms with Gasteiger partial charge in [-0.1, -0.05) is 36.4 Å². The van der Waals surface area contributed by atoms with Crippen molar-refractivity contribution in [2.45, 2.75) is 12.2 Å². The van der Waals surface area contributed by atoms with Crippen molar-refractivity contribution in [2.75, 3.05) is 25.0 Å².